The van der Waals surface area contributed by atoms with Crippen LogP contribution in [0.4, 0.5) is 5.82 Å². The molecule has 0 aliphatic carbocycles. The molecule has 39 heavy (non-hydrogen) atoms. The quantitative estimate of drug-likeness (QED) is 0.442. The SMILES string of the molecule is COCCNC(=O)CN1C(=O)CSC(c2ccc3c(c2)OCO3)c2c(C(C)(C)C)nn(-c3ccccc3C)c21. The first kappa shape index (κ1) is 27.1. The molecule has 0 saturated heterocycles. The average molecular weight is 551 g/mol. The van der Waals surface area contributed by atoms with Gasteiger partial charge in [-0.25, -0.2) is 4.68 Å². The summed E-state index contributed by atoms with van der Waals surface area (Å²) in [6.07, 6.45) is 0. The number of rotatable bonds is 7. The zero-order valence-corrected chi connectivity index (χ0v) is 23.8. The molecule has 0 fully saturated rings. The molecule has 2 aliphatic heterocycles. The second-order valence-corrected chi connectivity index (χ2v) is 11.8. The van der Waals surface area contributed by atoms with Crippen molar-refractivity contribution >= 4 is 29.4 Å². The number of ether oxygens (including phenoxy) is 3. The van der Waals surface area contributed by atoms with Crippen LogP contribution in [-0.2, 0) is 19.7 Å². The molecule has 2 aliphatic rings. The summed E-state index contributed by atoms with van der Waals surface area (Å²) in [5, 5.41) is 7.79. The van der Waals surface area contributed by atoms with Gasteiger partial charge in [0.2, 0.25) is 18.6 Å². The molecule has 5 rings (SSSR count). The van der Waals surface area contributed by atoms with Crippen LogP contribution in [0.3, 0.4) is 0 Å². The van der Waals surface area contributed by atoms with Crippen LogP contribution in [0.1, 0.15) is 48.4 Å². The van der Waals surface area contributed by atoms with Crippen LogP contribution in [0.15, 0.2) is 42.5 Å². The molecule has 0 bridgehead atoms. The minimum atomic E-state index is -0.340. The number of methoxy groups -OCH3 is 1. The van der Waals surface area contributed by atoms with Gasteiger partial charge in [-0.1, -0.05) is 45.0 Å². The standard InChI is InChI=1S/C29H34N4O5S/c1-18-8-6-7-9-20(18)33-28-25(27(31-33)29(2,3)4)26(19-10-11-21-22(14-19)38-17-37-21)39-16-24(35)32(28)15-23(34)30-12-13-36-5/h6-11,14,26H,12-13,15-17H2,1-5H3,(H,30,34). The highest BCUT2D eigenvalue weighted by Crippen LogP contribution is 2.50. The molecule has 206 valence electrons. The summed E-state index contributed by atoms with van der Waals surface area (Å²) < 4.78 is 18.1. The number of aromatic nitrogens is 2. The van der Waals surface area contributed by atoms with Gasteiger partial charge in [-0.3, -0.25) is 14.5 Å². The van der Waals surface area contributed by atoms with Crippen LogP contribution in [0.25, 0.3) is 5.69 Å². The molecule has 9 nitrogen and oxygen atoms in total. The first-order chi connectivity index (χ1) is 18.7. The minimum Gasteiger partial charge on any atom is -0.454 e. The molecule has 0 saturated carbocycles. The van der Waals surface area contributed by atoms with Crippen LogP contribution < -0.4 is 19.7 Å². The third-order valence-electron chi connectivity index (χ3n) is 6.77. The number of carbonyl (C=O) groups excluding carboxylic acids is 2. The summed E-state index contributed by atoms with van der Waals surface area (Å²) in [4.78, 5) is 28.4. The Labute approximate surface area is 232 Å². The number of thioether (sulfide) groups is 1. The summed E-state index contributed by atoms with van der Waals surface area (Å²) in [6, 6.07) is 13.9. The van der Waals surface area contributed by atoms with E-state index in [2.05, 4.69) is 26.1 Å². The molecule has 1 N–H and O–H groups in total. The first-order valence-corrected chi connectivity index (χ1v) is 14.0. The van der Waals surface area contributed by atoms with Crippen molar-refractivity contribution in [3.8, 4) is 17.2 Å². The van der Waals surface area contributed by atoms with Gasteiger partial charge in [-0.2, -0.15) is 5.10 Å². The highest BCUT2D eigenvalue weighted by Gasteiger charge is 2.40. The van der Waals surface area contributed by atoms with Crippen molar-refractivity contribution < 1.29 is 23.8 Å². The van der Waals surface area contributed by atoms with Crippen LogP contribution in [0.5, 0.6) is 11.5 Å². The summed E-state index contributed by atoms with van der Waals surface area (Å²) in [5.74, 6) is 1.80. The number of fused-ring (bicyclic) bond motifs is 2. The molecule has 1 unspecified atom stereocenters. The van der Waals surface area contributed by atoms with Crippen molar-refractivity contribution in [1.29, 1.82) is 0 Å². The highest BCUT2D eigenvalue weighted by molar-refractivity contribution is 8.00. The van der Waals surface area contributed by atoms with Gasteiger partial charge in [0.05, 0.1) is 29.0 Å². The summed E-state index contributed by atoms with van der Waals surface area (Å²) in [7, 11) is 1.58. The lowest BCUT2D eigenvalue weighted by molar-refractivity contribution is -0.123. The van der Waals surface area contributed by atoms with Crippen LogP contribution in [0.2, 0.25) is 0 Å². The topological polar surface area (TPSA) is 94.9 Å². The van der Waals surface area contributed by atoms with Crippen molar-refractivity contribution in [2.45, 2.75) is 38.4 Å². The molecule has 2 amide bonds. The fourth-order valence-corrected chi connectivity index (χ4v) is 6.06. The number of anilines is 1. The Balaban J connectivity index is 1.72. The number of para-hydroxylation sites is 1. The first-order valence-electron chi connectivity index (χ1n) is 13.0. The third kappa shape index (κ3) is 5.35. The molecular formula is C29H34N4O5S. The minimum absolute atomic E-state index is 0.120. The van der Waals surface area contributed by atoms with E-state index < -0.39 is 0 Å². The maximum atomic E-state index is 13.7. The monoisotopic (exact) mass is 550 g/mol. The molecule has 1 aromatic heterocycles. The summed E-state index contributed by atoms with van der Waals surface area (Å²) >= 11 is 1.54. The van der Waals surface area contributed by atoms with Crippen molar-refractivity contribution in [1.82, 2.24) is 15.1 Å². The Hall–Kier alpha value is -3.50. The Morgan fingerprint density at radius 3 is 2.69 bits per heavy atom. The number of benzene rings is 2. The summed E-state index contributed by atoms with van der Waals surface area (Å²) in [6.45, 7) is 9.20. The predicted molar refractivity (Wildman–Crippen MR) is 151 cm³/mol. The fourth-order valence-electron chi connectivity index (χ4n) is 4.87. The molecule has 3 heterocycles. The molecule has 2 aromatic carbocycles. The normalized spacial score (nSPS) is 16.7. The summed E-state index contributed by atoms with van der Waals surface area (Å²) in [5.41, 5.74) is 4.31. The molecule has 1 atom stereocenters. The van der Waals surface area contributed by atoms with Gasteiger partial charge in [-0.05, 0) is 36.2 Å². The predicted octanol–water partition coefficient (Wildman–Crippen LogP) is 4.14. The Morgan fingerprint density at radius 2 is 1.95 bits per heavy atom. The Bertz CT molecular complexity index is 1400. The van der Waals surface area contributed by atoms with E-state index in [1.165, 1.54) is 11.8 Å². The van der Waals surface area contributed by atoms with Gasteiger partial charge in [-0.15, -0.1) is 11.8 Å². The third-order valence-corrected chi connectivity index (χ3v) is 8.03. The number of nitrogens with one attached hydrogen (secondary N) is 1. The van der Waals surface area contributed by atoms with E-state index in [1.807, 2.05) is 54.1 Å². The average Bonchev–Trinajstić information content (AvgIpc) is 3.49. The van der Waals surface area contributed by atoms with Crippen molar-refractivity contribution in [3.05, 3.63) is 64.8 Å². The molecule has 0 radical (unpaired) electrons. The zero-order chi connectivity index (χ0) is 27.7. The van der Waals surface area contributed by atoms with Gasteiger partial charge in [0, 0.05) is 24.6 Å². The van der Waals surface area contributed by atoms with Gasteiger partial charge in [0.25, 0.3) is 0 Å². The van der Waals surface area contributed by atoms with E-state index in [0.29, 0.717) is 30.5 Å². The smallest absolute Gasteiger partial charge is 0.240 e. The lowest BCUT2D eigenvalue weighted by Crippen LogP contribution is -2.43. The fraction of sp³-hybridized carbons (Fsp3) is 0.414. The van der Waals surface area contributed by atoms with Gasteiger partial charge >= 0.3 is 0 Å². The largest absolute Gasteiger partial charge is 0.454 e. The van der Waals surface area contributed by atoms with E-state index in [4.69, 9.17) is 19.3 Å². The van der Waals surface area contributed by atoms with Crippen LogP contribution in [0, 0.1) is 6.92 Å². The number of amides is 2. The van der Waals surface area contributed by atoms with Gasteiger partial charge < -0.3 is 19.5 Å². The van der Waals surface area contributed by atoms with Crippen LogP contribution in [-0.4, -0.2) is 60.9 Å². The Kier molecular flexibility index (Phi) is 7.59. The number of carbonyl (C=O) groups is 2. The van der Waals surface area contributed by atoms with Crippen molar-refractivity contribution in [3.63, 3.8) is 0 Å². The van der Waals surface area contributed by atoms with E-state index in [9.17, 15) is 9.59 Å². The number of hydrogen-bond acceptors (Lipinski definition) is 7. The molecule has 3 aromatic rings. The van der Waals surface area contributed by atoms with E-state index in [1.54, 1.807) is 12.0 Å². The van der Waals surface area contributed by atoms with Gasteiger partial charge in [0.1, 0.15) is 12.4 Å². The maximum absolute atomic E-state index is 13.7. The maximum Gasteiger partial charge on any atom is 0.240 e. The van der Waals surface area contributed by atoms with Gasteiger partial charge in [0.15, 0.2) is 11.5 Å². The zero-order valence-electron chi connectivity index (χ0n) is 22.9. The van der Waals surface area contributed by atoms with E-state index in [0.717, 1.165) is 28.1 Å². The second-order valence-electron chi connectivity index (χ2n) is 10.7. The Morgan fingerprint density at radius 1 is 1.18 bits per heavy atom. The van der Waals surface area contributed by atoms with E-state index in [-0.39, 0.29) is 41.6 Å². The van der Waals surface area contributed by atoms with E-state index >= 15 is 0 Å². The lowest BCUT2D eigenvalue weighted by Gasteiger charge is -2.25. The molecule has 10 heteroatoms. The van der Waals surface area contributed by atoms with Crippen molar-refractivity contribution in [2.75, 3.05) is 44.3 Å². The molecule has 0 spiro atoms. The lowest BCUT2D eigenvalue weighted by atomic mass is 9.87. The number of nitrogens with zero attached hydrogens (tertiary/aromatic N) is 3. The van der Waals surface area contributed by atoms with Crippen molar-refractivity contribution in [2.24, 2.45) is 0 Å². The van der Waals surface area contributed by atoms with Crippen LogP contribution >= 0.6 is 11.8 Å². The highest BCUT2D eigenvalue weighted by atomic mass is 32.2. The number of hydrogen-bond donors (Lipinski definition) is 1. The second kappa shape index (κ2) is 10.9. The number of aryl methyl sites for hydroxylation is 1. The molecular weight excluding hydrogens is 516 g/mol.